The van der Waals surface area contributed by atoms with Gasteiger partial charge in [0.1, 0.15) is 11.6 Å². The molecule has 0 aliphatic carbocycles. The first kappa shape index (κ1) is 11.1. The lowest BCUT2D eigenvalue weighted by Gasteiger charge is -2.01. The summed E-state index contributed by atoms with van der Waals surface area (Å²) in [4.78, 5) is 18.4. The van der Waals surface area contributed by atoms with E-state index in [4.69, 9.17) is 5.73 Å². The van der Waals surface area contributed by atoms with Crippen molar-refractivity contribution in [1.29, 1.82) is 0 Å². The zero-order valence-electron chi connectivity index (χ0n) is 8.52. The summed E-state index contributed by atoms with van der Waals surface area (Å²) in [7, 11) is 0. The molecule has 1 amide bonds. The monoisotopic (exact) mass is 235 g/mol. The second-order valence-corrected chi connectivity index (χ2v) is 3.32. The molecule has 2 aromatic rings. The fourth-order valence-electron chi connectivity index (χ4n) is 1.29. The van der Waals surface area contributed by atoms with Crippen LogP contribution in [0.25, 0.3) is 11.4 Å². The number of hydrogen-bond acceptors (Lipinski definition) is 3. The number of aromatic nitrogens is 2. The Morgan fingerprint density at radius 3 is 2.06 bits per heavy atom. The molecule has 6 heteroatoms. The van der Waals surface area contributed by atoms with Gasteiger partial charge in [-0.25, -0.2) is 18.7 Å². The quantitative estimate of drug-likeness (QED) is 0.857. The van der Waals surface area contributed by atoms with Gasteiger partial charge in [0, 0.05) is 24.0 Å². The Morgan fingerprint density at radius 2 is 1.59 bits per heavy atom. The molecule has 0 saturated carbocycles. The molecule has 0 aliphatic heterocycles. The summed E-state index contributed by atoms with van der Waals surface area (Å²) in [5, 5.41) is 0. The molecule has 86 valence electrons. The minimum atomic E-state index is -0.720. The number of nitrogens with zero attached hydrogens (tertiary/aromatic N) is 2. The maximum atomic E-state index is 13.0. The van der Waals surface area contributed by atoms with Gasteiger partial charge in [-0.05, 0) is 12.1 Å². The topological polar surface area (TPSA) is 68.9 Å². The highest BCUT2D eigenvalue weighted by atomic mass is 19.1. The Bertz CT molecular complexity index is 549. The van der Waals surface area contributed by atoms with E-state index >= 15 is 0 Å². The van der Waals surface area contributed by atoms with Gasteiger partial charge in [0.05, 0.1) is 5.56 Å². The van der Waals surface area contributed by atoms with Gasteiger partial charge < -0.3 is 5.73 Å². The second-order valence-electron chi connectivity index (χ2n) is 3.32. The zero-order valence-corrected chi connectivity index (χ0v) is 8.52. The minimum absolute atomic E-state index is 0.119. The molecule has 1 aromatic carbocycles. The van der Waals surface area contributed by atoms with E-state index in [1.807, 2.05) is 0 Å². The lowest BCUT2D eigenvalue weighted by Crippen LogP contribution is -2.11. The molecular formula is C11H7F2N3O. The van der Waals surface area contributed by atoms with Crippen LogP contribution < -0.4 is 5.73 Å². The molecule has 1 aromatic heterocycles. The van der Waals surface area contributed by atoms with Crippen molar-refractivity contribution in [3.8, 4) is 11.4 Å². The van der Waals surface area contributed by atoms with Gasteiger partial charge in [-0.3, -0.25) is 4.79 Å². The van der Waals surface area contributed by atoms with Gasteiger partial charge >= 0.3 is 0 Å². The summed E-state index contributed by atoms with van der Waals surface area (Å²) < 4.78 is 25.9. The van der Waals surface area contributed by atoms with Crippen LogP contribution >= 0.6 is 0 Å². The lowest BCUT2D eigenvalue weighted by atomic mass is 10.2. The van der Waals surface area contributed by atoms with Crippen LogP contribution in [0, 0.1) is 11.6 Å². The Morgan fingerprint density at radius 1 is 1.06 bits per heavy atom. The molecule has 2 N–H and O–H groups in total. The third-order valence-corrected chi connectivity index (χ3v) is 2.06. The predicted molar refractivity (Wildman–Crippen MR) is 55.9 cm³/mol. The Balaban J connectivity index is 2.43. The molecule has 0 radical (unpaired) electrons. The van der Waals surface area contributed by atoms with Crippen molar-refractivity contribution in [2.45, 2.75) is 0 Å². The van der Waals surface area contributed by atoms with Crippen LogP contribution in [0.4, 0.5) is 8.78 Å². The van der Waals surface area contributed by atoms with Gasteiger partial charge in [0.2, 0.25) is 0 Å². The van der Waals surface area contributed by atoms with E-state index in [1.54, 1.807) is 0 Å². The summed E-state index contributed by atoms with van der Waals surface area (Å²) in [6.07, 6.45) is 2.40. The van der Waals surface area contributed by atoms with E-state index in [9.17, 15) is 13.6 Å². The number of benzene rings is 1. The van der Waals surface area contributed by atoms with Crippen LogP contribution in [0.5, 0.6) is 0 Å². The van der Waals surface area contributed by atoms with Gasteiger partial charge in [-0.2, -0.15) is 0 Å². The second kappa shape index (κ2) is 4.25. The van der Waals surface area contributed by atoms with E-state index < -0.39 is 17.5 Å². The maximum absolute atomic E-state index is 13.0. The smallest absolute Gasteiger partial charge is 0.251 e. The molecule has 4 nitrogen and oxygen atoms in total. The molecule has 0 fully saturated rings. The first-order valence-corrected chi connectivity index (χ1v) is 4.64. The third-order valence-electron chi connectivity index (χ3n) is 2.06. The van der Waals surface area contributed by atoms with Crippen LogP contribution in [0.3, 0.4) is 0 Å². The number of carbonyl (C=O) groups excluding carboxylic acids is 1. The van der Waals surface area contributed by atoms with Gasteiger partial charge in [0.15, 0.2) is 5.82 Å². The zero-order chi connectivity index (χ0) is 12.4. The van der Waals surface area contributed by atoms with Crippen molar-refractivity contribution >= 4 is 5.91 Å². The number of primary amides is 1. The number of hydrogen-bond donors (Lipinski definition) is 1. The van der Waals surface area contributed by atoms with Crippen LogP contribution in [0.2, 0.25) is 0 Å². The summed E-state index contributed by atoms with van der Waals surface area (Å²) >= 11 is 0. The van der Waals surface area contributed by atoms with Gasteiger partial charge in [0.25, 0.3) is 5.91 Å². The van der Waals surface area contributed by atoms with Crippen LogP contribution in [-0.2, 0) is 0 Å². The van der Waals surface area contributed by atoms with Crippen LogP contribution in [-0.4, -0.2) is 15.9 Å². The number of nitrogens with two attached hydrogens (primary N) is 1. The molecule has 0 unspecified atom stereocenters. The number of rotatable bonds is 2. The Labute approximate surface area is 95.1 Å². The van der Waals surface area contributed by atoms with E-state index in [-0.39, 0.29) is 17.0 Å². The van der Waals surface area contributed by atoms with Crippen LogP contribution in [0.15, 0.2) is 30.6 Å². The minimum Gasteiger partial charge on any atom is -0.366 e. The van der Waals surface area contributed by atoms with Crippen molar-refractivity contribution in [2.24, 2.45) is 5.73 Å². The average Bonchev–Trinajstić information content (AvgIpc) is 2.28. The summed E-state index contributed by atoms with van der Waals surface area (Å²) in [5.41, 5.74) is 5.34. The van der Waals surface area contributed by atoms with Crippen molar-refractivity contribution in [3.63, 3.8) is 0 Å². The molecular weight excluding hydrogens is 228 g/mol. The molecule has 0 spiro atoms. The van der Waals surface area contributed by atoms with E-state index in [1.165, 1.54) is 12.4 Å². The molecule has 0 aliphatic rings. The molecule has 0 bridgehead atoms. The average molecular weight is 235 g/mol. The van der Waals surface area contributed by atoms with Gasteiger partial charge in [-0.1, -0.05) is 0 Å². The Hall–Kier alpha value is -2.37. The van der Waals surface area contributed by atoms with Crippen molar-refractivity contribution in [1.82, 2.24) is 9.97 Å². The molecule has 0 atom stereocenters. The lowest BCUT2D eigenvalue weighted by molar-refractivity contribution is 0.0999. The van der Waals surface area contributed by atoms with Crippen LogP contribution in [0.1, 0.15) is 10.4 Å². The standard InChI is InChI=1S/C11H7F2N3O/c12-8-1-6(2-9(13)3-8)11-15-4-7(5-16-11)10(14)17/h1-5H,(H2,14,17). The summed E-state index contributed by atoms with van der Waals surface area (Å²) in [5.74, 6) is -1.99. The first-order valence-electron chi connectivity index (χ1n) is 4.64. The van der Waals surface area contributed by atoms with Crippen molar-refractivity contribution < 1.29 is 13.6 Å². The summed E-state index contributed by atoms with van der Waals surface area (Å²) in [6, 6.07) is 2.95. The molecule has 2 rings (SSSR count). The van der Waals surface area contributed by atoms with Crippen molar-refractivity contribution in [2.75, 3.05) is 0 Å². The molecule has 1 heterocycles. The Kier molecular flexibility index (Phi) is 2.78. The fourth-order valence-corrected chi connectivity index (χ4v) is 1.29. The highest BCUT2D eigenvalue weighted by Crippen LogP contribution is 2.17. The normalized spacial score (nSPS) is 10.2. The van der Waals surface area contributed by atoms with Crippen molar-refractivity contribution in [3.05, 3.63) is 47.8 Å². The van der Waals surface area contributed by atoms with E-state index in [0.29, 0.717) is 0 Å². The number of amides is 1. The van der Waals surface area contributed by atoms with E-state index in [2.05, 4.69) is 9.97 Å². The summed E-state index contributed by atoms with van der Waals surface area (Å²) in [6.45, 7) is 0. The van der Waals surface area contributed by atoms with Gasteiger partial charge in [-0.15, -0.1) is 0 Å². The highest BCUT2D eigenvalue weighted by Gasteiger charge is 2.07. The first-order chi connectivity index (χ1) is 8.06. The number of halogens is 2. The fraction of sp³-hybridized carbons (Fsp3) is 0. The molecule has 0 saturated heterocycles. The molecule has 17 heavy (non-hydrogen) atoms. The SMILES string of the molecule is NC(=O)c1cnc(-c2cc(F)cc(F)c2)nc1. The maximum Gasteiger partial charge on any atom is 0.251 e. The third kappa shape index (κ3) is 2.41. The highest BCUT2D eigenvalue weighted by molar-refractivity contribution is 5.92. The number of carbonyl (C=O) groups is 1. The largest absolute Gasteiger partial charge is 0.366 e. The predicted octanol–water partition coefficient (Wildman–Crippen LogP) is 1.52. The van der Waals surface area contributed by atoms with E-state index in [0.717, 1.165) is 18.2 Å².